The molecule has 1 aromatic carbocycles. The lowest BCUT2D eigenvalue weighted by Gasteiger charge is -2.08. The number of furan rings is 1. The Morgan fingerprint density at radius 1 is 1.30 bits per heavy atom. The van der Waals surface area contributed by atoms with E-state index < -0.39 is 0 Å². The predicted molar refractivity (Wildman–Crippen MR) is 90.5 cm³/mol. The van der Waals surface area contributed by atoms with E-state index in [1.54, 1.807) is 18.4 Å². The number of hydrogen-bond donors (Lipinski definition) is 2. The first-order valence-corrected chi connectivity index (χ1v) is 7.95. The molecule has 0 saturated carbocycles. The molecule has 6 nitrogen and oxygen atoms in total. The zero-order chi connectivity index (χ0) is 16.2. The SMILES string of the molecule is C=C(NNC(=O)CSc1nc2ccccc2n1C)c1ccco1. The van der Waals surface area contributed by atoms with E-state index in [1.165, 1.54) is 11.8 Å². The molecule has 0 atom stereocenters. The molecule has 23 heavy (non-hydrogen) atoms. The Morgan fingerprint density at radius 3 is 2.87 bits per heavy atom. The Hall–Kier alpha value is -2.67. The number of imidazole rings is 1. The monoisotopic (exact) mass is 328 g/mol. The van der Waals surface area contributed by atoms with E-state index in [2.05, 4.69) is 22.4 Å². The lowest BCUT2D eigenvalue weighted by atomic mass is 10.3. The number of aryl methyl sites for hydroxylation is 1. The fraction of sp³-hybridized carbons (Fsp3) is 0.125. The summed E-state index contributed by atoms with van der Waals surface area (Å²) in [5, 5.41) is 0.797. The van der Waals surface area contributed by atoms with Gasteiger partial charge in [0.25, 0.3) is 0 Å². The van der Waals surface area contributed by atoms with Crippen molar-refractivity contribution in [3.63, 3.8) is 0 Å². The van der Waals surface area contributed by atoms with E-state index in [-0.39, 0.29) is 11.7 Å². The van der Waals surface area contributed by atoms with Gasteiger partial charge in [0.2, 0.25) is 5.91 Å². The summed E-state index contributed by atoms with van der Waals surface area (Å²) < 4.78 is 7.15. The van der Waals surface area contributed by atoms with Crippen LogP contribution in [0.3, 0.4) is 0 Å². The maximum Gasteiger partial charge on any atom is 0.248 e. The van der Waals surface area contributed by atoms with Gasteiger partial charge in [-0.15, -0.1) is 0 Å². The van der Waals surface area contributed by atoms with Gasteiger partial charge in [-0.3, -0.25) is 15.6 Å². The van der Waals surface area contributed by atoms with Crippen LogP contribution in [-0.4, -0.2) is 21.2 Å². The molecular weight excluding hydrogens is 312 g/mol. The highest BCUT2D eigenvalue weighted by Gasteiger charge is 2.10. The smallest absolute Gasteiger partial charge is 0.248 e. The maximum atomic E-state index is 11.9. The van der Waals surface area contributed by atoms with Gasteiger partial charge in [0.15, 0.2) is 10.9 Å². The molecule has 7 heteroatoms. The molecule has 3 aromatic rings. The predicted octanol–water partition coefficient (Wildman–Crippen LogP) is 2.55. The number of fused-ring (bicyclic) bond motifs is 1. The Kier molecular flexibility index (Phi) is 4.38. The number of carbonyl (C=O) groups excluding carboxylic acids is 1. The van der Waals surface area contributed by atoms with Crippen molar-refractivity contribution in [3.8, 4) is 0 Å². The van der Waals surface area contributed by atoms with Crippen molar-refractivity contribution in [2.75, 3.05) is 5.75 Å². The van der Waals surface area contributed by atoms with Gasteiger partial charge < -0.3 is 8.98 Å². The number of hydrogen-bond acceptors (Lipinski definition) is 5. The highest BCUT2D eigenvalue weighted by molar-refractivity contribution is 7.99. The van der Waals surface area contributed by atoms with E-state index >= 15 is 0 Å². The van der Waals surface area contributed by atoms with Gasteiger partial charge in [-0.1, -0.05) is 30.5 Å². The number of benzene rings is 1. The number of hydrazine groups is 1. The van der Waals surface area contributed by atoms with Crippen molar-refractivity contribution >= 4 is 34.4 Å². The molecule has 0 saturated heterocycles. The van der Waals surface area contributed by atoms with Crippen LogP contribution in [0.25, 0.3) is 16.7 Å². The first-order chi connectivity index (χ1) is 11.1. The summed E-state index contributed by atoms with van der Waals surface area (Å²) >= 11 is 1.38. The molecule has 118 valence electrons. The number of rotatable bonds is 6. The fourth-order valence-electron chi connectivity index (χ4n) is 2.08. The van der Waals surface area contributed by atoms with Crippen molar-refractivity contribution in [3.05, 3.63) is 55.0 Å². The van der Waals surface area contributed by atoms with Crippen LogP contribution in [0.15, 0.2) is 58.8 Å². The zero-order valence-corrected chi connectivity index (χ0v) is 13.4. The van der Waals surface area contributed by atoms with Crippen molar-refractivity contribution in [2.45, 2.75) is 5.16 Å². The summed E-state index contributed by atoms with van der Waals surface area (Å²) in [5.74, 6) is 0.651. The fourth-order valence-corrected chi connectivity index (χ4v) is 2.86. The second-order valence-electron chi connectivity index (χ2n) is 4.86. The third-order valence-electron chi connectivity index (χ3n) is 3.25. The zero-order valence-electron chi connectivity index (χ0n) is 12.6. The molecule has 3 rings (SSSR count). The first-order valence-electron chi connectivity index (χ1n) is 6.97. The topological polar surface area (TPSA) is 72.1 Å². The van der Waals surface area contributed by atoms with Crippen LogP contribution in [0.5, 0.6) is 0 Å². The molecule has 0 aliphatic heterocycles. The standard InChI is InChI=1S/C16H16N4O2S/c1-11(14-8-5-9-22-14)18-19-15(21)10-23-16-17-12-6-3-4-7-13(12)20(16)2/h3-9,18H,1,10H2,2H3,(H,19,21). The number of aromatic nitrogens is 2. The highest BCUT2D eigenvalue weighted by atomic mass is 32.2. The second-order valence-corrected chi connectivity index (χ2v) is 5.80. The lowest BCUT2D eigenvalue weighted by Crippen LogP contribution is -2.37. The van der Waals surface area contributed by atoms with Crippen molar-refractivity contribution in [1.82, 2.24) is 20.4 Å². The Bertz CT molecular complexity index is 839. The molecule has 0 radical (unpaired) electrons. The molecule has 0 fully saturated rings. The number of para-hydroxylation sites is 2. The van der Waals surface area contributed by atoms with Gasteiger partial charge in [0.05, 0.1) is 28.7 Å². The average molecular weight is 328 g/mol. The number of nitrogens with one attached hydrogen (secondary N) is 2. The molecule has 2 heterocycles. The minimum Gasteiger partial charge on any atom is -0.463 e. The molecule has 0 aliphatic carbocycles. The van der Waals surface area contributed by atoms with E-state index in [0.717, 1.165) is 16.2 Å². The molecule has 0 aliphatic rings. The summed E-state index contributed by atoms with van der Waals surface area (Å²) in [6.07, 6.45) is 1.55. The summed E-state index contributed by atoms with van der Waals surface area (Å²) in [6, 6.07) is 11.4. The summed E-state index contributed by atoms with van der Waals surface area (Å²) in [5.41, 5.74) is 7.78. The first kappa shape index (κ1) is 15.2. The number of nitrogens with zero attached hydrogens (tertiary/aromatic N) is 2. The van der Waals surface area contributed by atoms with Crippen LogP contribution < -0.4 is 10.9 Å². The summed E-state index contributed by atoms with van der Waals surface area (Å²) in [6.45, 7) is 3.79. The van der Waals surface area contributed by atoms with E-state index in [9.17, 15) is 4.79 Å². The Balaban J connectivity index is 1.54. The van der Waals surface area contributed by atoms with Crippen molar-refractivity contribution in [2.24, 2.45) is 7.05 Å². The molecule has 0 unspecified atom stereocenters. The van der Waals surface area contributed by atoms with Gasteiger partial charge in [-0.25, -0.2) is 4.98 Å². The van der Waals surface area contributed by atoms with E-state index in [0.29, 0.717) is 11.5 Å². The molecule has 0 bridgehead atoms. The quantitative estimate of drug-likeness (QED) is 0.537. The van der Waals surface area contributed by atoms with E-state index in [4.69, 9.17) is 4.42 Å². The molecule has 2 aromatic heterocycles. The van der Waals surface area contributed by atoms with Crippen molar-refractivity contribution < 1.29 is 9.21 Å². The Labute approximate surface area is 137 Å². The molecular formula is C16H16N4O2S. The van der Waals surface area contributed by atoms with Crippen LogP contribution in [-0.2, 0) is 11.8 Å². The minimum absolute atomic E-state index is 0.172. The third-order valence-corrected chi connectivity index (χ3v) is 4.28. The van der Waals surface area contributed by atoms with E-state index in [1.807, 2.05) is 35.9 Å². The Morgan fingerprint density at radius 2 is 2.13 bits per heavy atom. The largest absolute Gasteiger partial charge is 0.463 e. The van der Waals surface area contributed by atoms with Crippen LogP contribution in [0.1, 0.15) is 5.76 Å². The highest BCUT2D eigenvalue weighted by Crippen LogP contribution is 2.22. The third kappa shape index (κ3) is 3.40. The van der Waals surface area contributed by atoms with Crippen LogP contribution >= 0.6 is 11.8 Å². The average Bonchev–Trinajstić information content (AvgIpc) is 3.20. The maximum absolute atomic E-state index is 11.9. The van der Waals surface area contributed by atoms with Crippen LogP contribution in [0, 0.1) is 0 Å². The molecule has 1 amide bonds. The molecule has 2 N–H and O–H groups in total. The number of thioether (sulfide) groups is 1. The summed E-state index contributed by atoms with van der Waals surface area (Å²) in [4.78, 5) is 16.4. The molecule has 0 spiro atoms. The number of carbonyl (C=O) groups is 1. The van der Waals surface area contributed by atoms with Crippen molar-refractivity contribution in [1.29, 1.82) is 0 Å². The number of amides is 1. The van der Waals surface area contributed by atoms with Gasteiger partial charge in [-0.05, 0) is 24.3 Å². The van der Waals surface area contributed by atoms with Gasteiger partial charge in [0.1, 0.15) is 0 Å². The summed E-state index contributed by atoms with van der Waals surface area (Å²) in [7, 11) is 1.94. The van der Waals surface area contributed by atoms with Gasteiger partial charge in [0, 0.05) is 7.05 Å². The second kappa shape index (κ2) is 6.62. The van der Waals surface area contributed by atoms with Crippen LogP contribution in [0.2, 0.25) is 0 Å². The van der Waals surface area contributed by atoms with Gasteiger partial charge >= 0.3 is 0 Å². The minimum atomic E-state index is -0.172. The van der Waals surface area contributed by atoms with Gasteiger partial charge in [-0.2, -0.15) is 0 Å². The lowest BCUT2D eigenvalue weighted by molar-refractivity contribution is -0.119. The van der Waals surface area contributed by atoms with Crippen LogP contribution in [0.4, 0.5) is 0 Å². The normalized spacial score (nSPS) is 10.7.